The second-order valence-corrected chi connectivity index (χ2v) is 4.41. The zero-order valence-electron chi connectivity index (χ0n) is 11.1. The molecule has 1 heterocycles. The van der Waals surface area contributed by atoms with Crippen LogP contribution >= 0.6 is 0 Å². The molecule has 3 nitrogen and oxygen atoms in total. The lowest BCUT2D eigenvalue weighted by atomic mass is 10.2. The molecular formula is C14H22N2O. The van der Waals surface area contributed by atoms with Crippen molar-refractivity contribution in [2.75, 3.05) is 6.61 Å². The maximum atomic E-state index is 5.32. The molecule has 1 aromatic rings. The van der Waals surface area contributed by atoms with Gasteiger partial charge in [-0.25, -0.2) is 4.98 Å². The summed E-state index contributed by atoms with van der Waals surface area (Å²) in [7, 11) is 0. The van der Waals surface area contributed by atoms with Gasteiger partial charge in [-0.05, 0) is 39.2 Å². The minimum atomic E-state index is 0.746. The van der Waals surface area contributed by atoms with Crippen molar-refractivity contribution in [2.24, 2.45) is 0 Å². The summed E-state index contributed by atoms with van der Waals surface area (Å²) < 4.78 is 7.49. The zero-order valence-corrected chi connectivity index (χ0v) is 11.1. The predicted octanol–water partition coefficient (Wildman–Crippen LogP) is 3.56. The Bertz CT molecular complexity index is 404. The standard InChI is InChI=1S/C14H22N2O/c1-11(2)14-13(5)16(10-15-14)8-6-7-9-17-12(3)4/h10H,1,3,6-9H2,2,4-5H3. The third-order valence-electron chi connectivity index (χ3n) is 2.65. The van der Waals surface area contributed by atoms with Crippen molar-refractivity contribution < 1.29 is 4.74 Å². The van der Waals surface area contributed by atoms with Crippen LogP contribution in [0.1, 0.15) is 38.1 Å². The number of nitrogens with zero attached hydrogens (tertiary/aromatic N) is 2. The number of rotatable bonds is 7. The van der Waals surface area contributed by atoms with E-state index in [1.165, 1.54) is 5.69 Å². The van der Waals surface area contributed by atoms with Crippen molar-refractivity contribution in [3.8, 4) is 0 Å². The normalized spacial score (nSPS) is 10.3. The number of hydrogen-bond donors (Lipinski definition) is 0. The van der Waals surface area contributed by atoms with Gasteiger partial charge in [0, 0.05) is 12.2 Å². The van der Waals surface area contributed by atoms with Gasteiger partial charge in [0.1, 0.15) is 0 Å². The van der Waals surface area contributed by atoms with Crippen molar-refractivity contribution in [3.05, 3.63) is 36.6 Å². The second-order valence-electron chi connectivity index (χ2n) is 4.41. The Labute approximate surface area is 104 Å². The Morgan fingerprint density at radius 2 is 2.06 bits per heavy atom. The number of unbranched alkanes of at least 4 members (excludes halogenated alkanes) is 1. The smallest absolute Gasteiger partial charge is 0.0955 e. The van der Waals surface area contributed by atoms with E-state index >= 15 is 0 Å². The molecule has 94 valence electrons. The molecule has 0 aromatic carbocycles. The number of ether oxygens (including phenoxy) is 1. The largest absolute Gasteiger partial charge is 0.499 e. The molecule has 0 aliphatic carbocycles. The van der Waals surface area contributed by atoms with E-state index in [0.29, 0.717) is 0 Å². The SMILES string of the molecule is C=C(C)OCCCCn1cnc(C(=C)C)c1C. The van der Waals surface area contributed by atoms with Gasteiger partial charge >= 0.3 is 0 Å². The van der Waals surface area contributed by atoms with Gasteiger partial charge in [-0.3, -0.25) is 0 Å². The molecule has 0 radical (unpaired) electrons. The molecule has 0 atom stereocenters. The summed E-state index contributed by atoms with van der Waals surface area (Å²) in [5.41, 5.74) is 3.23. The van der Waals surface area contributed by atoms with Crippen LogP contribution in [-0.2, 0) is 11.3 Å². The van der Waals surface area contributed by atoms with Crippen molar-refractivity contribution >= 4 is 5.57 Å². The monoisotopic (exact) mass is 234 g/mol. The fraction of sp³-hybridized carbons (Fsp3) is 0.500. The van der Waals surface area contributed by atoms with Crippen molar-refractivity contribution in [1.29, 1.82) is 0 Å². The minimum absolute atomic E-state index is 0.746. The fourth-order valence-corrected chi connectivity index (χ4v) is 1.72. The Balaban J connectivity index is 2.37. The topological polar surface area (TPSA) is 27.1 Å². The van der Waals surface area contributed by atoms with Crippen LogP contribution in [0.5, 0.6) is 0 Å². The van der Waals surface area contributed by atoms with Gasteiger partial charge in [0.2, 0.25) is 0 Å². The van der Waals surface area contributed by atoms with Crippen LogP contribution in [0.15, 0.2) is 25.2 Å². The summed E-state index contributed by atoms with van der Waals surface area (Å²) in [4.78, 5) is 4.36. The molecule has 0 saturated carbocycles. The molecule has 0 bridgehead atoms. The molecular weight excluding hydrogens is 212 g/mol. The van der Waals surface area contributed by atoms with Crippen molar-refractivity contribution in [3.63, 3.8) is 0 Å². The van der Waals surface area contributed by atoms with Gasteiger partial charge in [-0.1, -0.05) is 13.2 Å². The maximum absolute atomic E-state index is 5.32. The predicted molar refractivity (Wildman–Crippen MR) is 71.7 cm³/mol. The highest BCUT2D eigenvalue weighted by molar-refractivity contribution is 5.59. The second kappa shape index (κ2) is 6.28. The summed E-state index contributed by atoms with van der Waals surface area (Å²) >= 11 is 0. The third-order valence-corrected chi connectivity index (χ3v) is 2.65. The summed E-state index contributed by atoms with van der Waals surface area (Å²) in [6, 6.07) is 0. The Morgan fingerprint density at radius 3 is 2.59 bits per heavy atom. The molecule has 0 aliphatic rings. The lowest BCUT2D eigenvalue weighted by molar-refractivity contribution is 0.207. The van der Waals surface area contributed by atoms with Crippen molar-refractivity contribution in [2.45, 2.75) is 40.2 Å². The summed E-state index contributed by atoms with van der Waals surface area (Å²) in [5.74, 6) is 0.786. The van der Waals surface area contributed by atoms with Crippen LogP contribution in [0, 0.1) is 6.92 Å². The zero-order chi connectivity index (χ0) is 12.8. The number of allylic oxidation sites excluding steroid dienone is 2. The Hall–Kier alpha value is -1.51. The number of hydrogen-bond acceptors (Lipinski definition) is 2. The molecule has 0 aliphatic heterocycles. The first kappa shape index (κ1) is 13.6. The van der Waals surface area contributed by atoms with E-state index in [-0.39, 0.29) is 0 Å². The molecule has 0 N–H and O–H groups in total. The summed E-state index contributed by atoms with van der Waals surface area (Å²) in [6.07, 6.45) is 4.01. The van der Waals surface area contributed by atoms with E-state index in [1.54, 1.807) is 0 Å². The molecule has 0 saturated heterocycles. The van der Waals surface area contributed by atoms with E-state index < -0.39 is 0 Å². The van der Waals surface area contributed by atoms with Crippen LogP contribution in [0.4, 0.5) is 0 Å². The molecule has 0 spiro atoms. The minimum Gasteiger partial charge on any atom is -0.499 e. The van der Waals surface area contributed by atoms with Crippen LogP contribution < -0.4 is 0 Å². The quantitative estimate of drug-likeness (QED) is 0.533. The number of aryl methyl sites for hydroxylation is 1. The summed E-state index contributed by atoms with van der Waals surface area (Å²) in [6.45, 7) is 15.3. The van der Waals surface area contributed by atoms with Gasteiger partial charge < -0.3 is 9.30 Å². The maximum Gasteiger partial charge on any atom is 0.0955 e. The molecule has 1 aromatic heterocycles. The lowest BCUT2D eigenvalue weighted by Crippen LogP contribution is -2.01. The highest BCUT2D eigenvalue weighted by Gasteiger charge is 2.06. The molecule has 0 amide bonds. The van der Waals surface area contributed by atoms with Gasteiger partial charge in [0.05, 0.1) is 24.4 Å². The van der Waals surface area contributed by atoms with Gasteiger partial charge in [0.25, 0.3) is 0 Å². The Morgan fingerprint density at radius 1 is 1.35 bits per heavy atom. The fourth-order valence-electron chi connectivity index (χ4n) is 1.72. The average Bonchev–Trinajstić information content (AvgIpc) is 2.59. The van der Waals surface area contributed by atoms with E-state index in [0.717, 1.165) is 43.0 Å². The number of aromatic nitrogens is 2. The third kappa shape index (κ3) is 4.10. The Kier molecular flexibility index (Phi) is 5.01. The first-order chi connectivity index (χ1) is 8.02. The highest BCUT2D eigenvalue weighted by Crippen LogP contribution is 2.15. The summed E-state index contributed by atoms with van der Waals surface area (Å²) in [5, 5.41) is 0. The van der Waals surface area contributed by atoms with E-state index in [2.05, 4.69) is 29.6 Å². The van der Waals surface area contributed by atoms with Crippen LogP contribution in [0.2, 0.25) is 0 Å². The van der Waals surface area contributed by atoms with Crippen LogP contribution in [-0.4, -0.2) is 16.2 Å². The molecule has 3 heteroatoms. The number of imidazole rings is 1. The lowest BCUT2D eigenvalue weighted by Gasteiger charge is -2.07. The first-order valence-corrected chi connectivity index (χ1v) is 5.98. The molecule has 17 heavy (non-hydrogen) atoms. The highest BCUT2D eigenvalue weighted by atomic mass is 16.5. The van der Waals surface area contributed by atoms with E-state index in [4.69, 9.17) is 4.74 Å². The van der Waals surface area contributed by atoms with Gasteiger partial charge in [-0.2, -0.15) is 0 Å². The molecule has 0 unspecified atom stereocenters. The van der Waals surface area contributed by atoms with Gasteiger partial charge in [0.15, 0.2) is 0 Å². The van der Waals surface area contributed by atoms with E-state index in [1.807, 2.05) is 20.2 Å². The average molecular weight is 234 g/mol. The molecule has 0 fully saturated rings. The molecule has 1 rings (SSSR count). The van der Waals surface area contributed by atoms with Gasteiger partial charge in [-0.15, -0.1) is 0 Å². The van der Waals surface area contributed by atoms with Crippen LogP contribution in [0.3, 0.4) is 0 Å². The first-order valence-electron chi connectivity index (χ1n) is 5.98. The van der Waals surface area contributed by atoms with Crippen molar-refractivity contribution in [1.82, 2.24) is 9.55 Å². The van der Waals surface area contributed by atoms with Crippen LogP contribution in [0.25, 0.3) is 5.57 Å². The van der Waals surface area contributed by atoms with E-state index in [9.17, 15) is 0 Å².